The Morgan fingerprint density at radius 3 is 2.46 bits per heavy atom. The van der Waals surface area contributed by atoms with Crippen molar-refractivity contribution in [3.8, 4) is 5.75 Å². The molecule has 17 heteroatoms. The largest absolute Gasteiger partial charge is 0.497 e. The predicted molar refractivity (Wildman–Crippen MR) is 132 cm³/mol. The topological polar surface area (TPSA) is 111 Å². The van der Waals surface area contributed by atoms with Crippen LogP contribution in [0, 0.1) is 11.6 Å². The first-order valence-corrected chi connectivity index (χ1v) is 11.9. The molecule has 0 saturated carbocycles. The molecule has 0 aliphatic carbocycles. The van der Waals surface area contributed by atoms with Gasteiger partial charge in [0.2, 0.25) is 11.9 Å². The number of hydrogen-bond acceptors (Lipinski definition) is 8. The summed E-state index contributed by atoms with van der Waals surface area (Å²) >= 11 is 5.76. The lowest BCUT2D eigenvalue weighted by Gasteiger charge is -2.30. The average molecular weight is 601 g/mol. The first-order chi connectivity index (χ1) is 19.5. The van der Waals surface area contributed by atoms with Gasteiger partial charge in [-0.15, -0.1) is 0 Å². The first-order valence-electron chi connectivity index (χ1n) is 11.5. The fourth-order valence-electron chi connectivity index (χ4n) is 3.79. The summed E-state index contributed by atoms with van der Waals surface area (Å²) in [4.78, 5) is 21.3. The van der Waals surface area contributed by atoms with E-state index in [1.165, 1.54) is 7.11 Å². The molecule has 0 fully saturated rings. The summed E-state index contributed by atoms with van der Waals surface area (Å²) in [5.41, 5.74) is -2.25. The van der Waals surface area contributed by atoms with Crippen molar-refractivity contribution in [3.05, 3.63) is 81.6 Å². The molecule has 0 aliphatic rings. The molecule has 2 aromatic heterocycles. The highest BCUT2D eigenvalue weighted by Crippen LogP contribution is 2.37. The number of nitrogens with one attached hydrogen (secondary N) is 1. The van der Waals surface area contributed by atoms with E-state index >= 15 is 4.39 Å². The number of nitrogens with zero attached hydrogens (tertiary/aromatic N) is 7. The number of likely N-dealkylation sites (N-methyl/N-ethyl adjacent to an activating group) is 1. The van der Waals surface area contributed by atoms with Gasteiger partial charge in [-0.3, -0.25) is 9.69 Å². The summed E-state index contributed by atoms with van der Waals surface area (Å²) in [6, 6.07) is 6.60. The van der Waals surface area contributed by atoms with Crippen molar-refractivity contribution < 1.29 is 35.9 Å². The lowest BCUT2D eigenvalue weighted by molar-refractivity contribution is -0.141. The minimum Gasteiger partial charge on any atom is -0.497 e. The maximum absolute atomic E-state index is 15.3. The number of amides is 1. The minimum atomic E-state index is -5.06. The third kappa shape index (κ3) is 6.16. The smallest absolute Gasteiger partial charge is 0.433 e. The molecule has 216 valence electrons. The maximum Gasteiger partial charge on any atom is 0.433 e. The van der Waals surface area contributed by atoms with Gasteiger partial charge in [0.1, 0.15) is 35.0 Å². The number of carbonyl (C=O) groups is 1. The second kappa shape index (κ2) is 12.0. The van der Waals surface area contributed by atoms with E-state index in [9.17, 15) is 26.7 Å². The molecule has 4 aromatic rings. The standard InChI is InChI=1S/C24H19ClF6N8O2/c1-32-21(40)20(15-7-8-16(27)18(25)19(15)28)39(22-33-13(10-26)9-17(34-22)24(29,30)31)23-35-36-37-38(23)11-12-3-5-14(41-2)6-4-12/h3-9,20H,10-11H2,1-2H3,(H,32,40). The maximum atomic E-state index is 15.3. The fourth-order valence-corrected chi connectivity index (χ4v) is 3.96. The molecule has 4 rings (SSSR count). The molecule has 2 heterocycles. The Morgan fingerprint density at radius 2 is 1.85 bits per heavy atom. The Kier molecular flexibility index (Phi) is 8.60. The van der Waals surface area contributed by atoms with Crippen molar-refractivity contribution in [2.45, 2.75) is 25.4 Å². The highest BCUT2D eigenvalue weighted by Gasteiger charge is 2.40. The zero-order chi connectivity index (χ0) is 29.9. The van der Waals surface area contributed by atoms with Crippen molar-refractivity contribution in [3.63, 3.8) is 0 Å². The molecule has 0 radical (unpaired) electrons. The molecular formula is C24H19ClF6N8O2. The molecule has 1 N–H and O–H groups in total. The minimum absolute atomic E-state index is 0.106. The summed E-state index contributed by atoms with van der Waals surface area (Å²) < 4.78 is 90.5. The van der Waals surface area contributed by atoms with Gasteiger partial charge in [-0.25, -0.2) is 27.8 Å². The van der Waals surface area contributed by atoms with Crippen LogP contribution in [-0.2, 0) is 24.2 Å². The Morgan fingerprint density at radius 1 is 1.15 bits per heavy atom. The van der Waals surface area contributed by atoms with E-state index < -0.39 is 70.3 Å². The highest BCUT2D eigenvalue weighted by molar-refractivity contribution is 6.31. The summed E-state index contributed by atoms with van der Waals surface area (Å²) in [5, 5.41) is 12.5. The second-order valence-electron chi connectivity index (χ2n) is 8.31. The number of anilines is 2. The van der Waals surface area contributed by atoms with Crippen molar-refractivity contribution in [1.82, 2.24) is 35.5 Å². The van der Waals surface area contributed by atoms with Gasteiger partial charge in [-0.2, -0.15) is 13.2 Å². The van der Waals surface area contributed by atoms with Crippen LogP contribution < -0.4 is 15.0 Å². The van der Waals surface area contributed by atoms with Crippen LogP contribution in [0.2, 0.25) is 5.02 Å². The second-order valence-corrected chi connectivity index (χ2v) is 8.69. The number of tetrazole rings is 1. The summed E-state index contributed by atoms with van der Waals surface area (Å²) in [6.07, 6.45) is -5.06. The number of methoxy groups -OCH3 is 1. The molecule has 1 atom stereocenters. The highest BCUT2D eigenvalue weighted by atomic mass is 35.5. The van der Waals surface area contributed by atoms with Crippen LogP contribution in [0.5, 0.6) is 5.75 Å². The van der Waals surface area contributed by atoms with E-state index in [-0.39, 0.29) is 6.54 Å². The van der Waals surface area contributed by atoms with E-state index in [4.69, 9.17) is 16.3 Å². The Balaban J connectivity index is 1.98. The predicted octanol–water partition coefficient (Wildman–Crippen LogP) is 4.57. The van der Waals surface area contributed by atoms with Crippen molar-refractivity contribution in [2.24, 2.45) is 0 Å². The van der Waals surface area contributed by atoms with E-state index in [1.54, 1.807) is 24.3 Å². The Bertz CT molecular complexity index is 1550. The normalized spacial score (nSPS) is 12.2. The number of carbonyl (C=O) groups excluding carboxylic acids is 1. The van der Waals surface area contributed by atoms with Crippen molar-refractivity contribution in [1.29, 1.82) is 0 Å². The molecule has 1 amide bonds. The van der Waals surface area contributed by atoms with Crippen molar-refractivity contribution >= 4 is 29.4 Å². The van der Waals surface area contributed by atoms with Crippen LogP contribution in [0.15, 0.2) is 42.5 Å². The van der Waals surface area contributed by atoms with E-state index in [0.29, 0.717) is 22.3 Å². The molecular weight excluding hydrogens is 582 g/mol. The fraction of sp³-hybridized carbons (Fsp3) is 0.250. The third-order valence-corrected chi connectivity index (χ3v) is 6.09. The molecule has 0 spiro atoms. The zero-order valence-electron chi connectivity index (χ0n) is 21.1. The first kappa shape index (κ1) is 29.5. The molecule has 41 heavy (non-hydrogen) atoms. The Labute approximate surface area is 232 Å². The van der Waals surface area contributed by atoms with Gasteiger partial charge < -0.3 is 10.1 Å². The Hall–Kier alpha value is -4.47. The number of halogens is 7. The van der Waals surface area contributed by atoms with Gasteiger partial charge in [0.25, 0.3) is 5.95 Å². The quantitative estimate of drug-likeness (QED) is 0.220. The van der Waals surface area contributed by atoms with E-state index in [0.717, 1.165) is 23.9 Å². The van der Waals surface area contributed by atoms with E-state index in [1.807, 2.05) is 0 Å². The molecule has 0 aliphatic heterocycles. The van der Waals surface area contributed by atoms with Gasteiger partial charge in [0, 0.05) is 12.6 Å². The average Bonchev–Trinajstić information content (AvgIpc) is 3.41. The van der Waals surface area contributed by atoms with Crippen LogP contribution in [-0.4, -0.2) is 50.2 Å². The zero-order valence-corrected chi connectivity index (χ0v) is 21.9. The third-order valence-electron chi connectivity index (χ3n) is 5.74. The van der Waals surface area contributed by atoms with Gasteiger partial charge in [-0.05, 0) is 40.3 Å². The number of benzene rings is 2. The number of aromatic nitrogens is 6. The van der Waals surface area contributed by atoms with E-state index in [2.05, 4.69) is 30.8 Å². The van der Waals surface area contributed by atoms with Gasteiger partial charge >= 0.3 is 6.18 Å². The van der Waals surface area contributed by atoms with Gasteiger partial charge in [-0.1, -0.05) is 34.9 Å². The SMILES string of the molecule is CNC(=O)C(c1ccc(F)c(Cl)c1F)N(c1nc(CF)cc(C(F)(F)F)n1)c1nnnn1Cc1ccc(OC)cc1. The van der Waals surface area contributed by atoms with Crippen LogP contribution >= 0.6 is 11.6 Å². The summed E-state index contributed by atoms with van der Waals surface area (Å²) in [5.74, 6) is -4.36. The molecule has 0 saturated heterocycles. The van der Waals surface area contributed by atoms with Crippen molar-refractivity contribution in [2.75, 3.05) is 19.1 Å². The number of alkyl halides is 4. The summed E-state index contributed by atoms with van der Waals surface area (Å²) in [6.45, 7) is -1.55. The van der Waals surface area contributed by atoms with Crippen LogP contribution in [0.4, 0.5) is 38.2 Å². The lowest BCUT2D eigenvalue weighted by atomic mass is 10.0. The molecule has 2 aromatic carbocycles. The molecule has 1 unspecified atom stereocenters. The molecule has 10 nitrogen and oxygen atoms in total. The lowest BCUT2D eigenvalue weighted by Crippen LogP contribution is -2.40. The van der Waals surface area contributed by atoms with Crippen LogP contribution in [0.25, 0.3) is 0 Å². The van der Waals surface area contributed by atoms with Crippen LogP contribution in [0.1, 0.15) is 28.6 Å². The van der Waals surface area contributed by atoms with Gasteiger partial charge in [0.15, 0.2) is 5.82 Å². The summed E-state index contributed by atoms with van der Waals surface area (Å²) in [7, 11) is 2.63. The van der Waals surface area contributed by atoms with Crippen LogP contribution in [0.3, 0.4) is 0 Å². The number of ether oxygens (including phenoxy) is 1. The van der Waals surface area contributed by atoms with Gasteiger partial charge in [0.05, 0.1) is 19.3 Å². The monoisotopic (exact) mass is 600 g/mol. The number of rotatable bonds is 9. The molecule has 0 bridgehead atoms. The number of hydrogen-bond donors (Lipinski definition) is 1.